The molecule has 1 aliphatic heterocycles. The molecule has 2 heterocycles. The van der Waals surface area contributed by atoms with Crippen LogP contribution in [0.3, 0.4) is 0 Å². The van der Waals surface area contributed by atoms with Crippen LogP contribution in [0, 0.1) is 0 Å². The van der Waals surface area contributed by atoms with Crippen LogP contribution in [0.25, 0.3) is 27.9 Å². The Labute approximate surface area is 176 Å². The number of nitrogens with zero attached hydrogens (tertiary/aromatic N) is 3. The first-order valence-corrected chi connectivity index (χ1v) is 9.72. The summed E-state index contributed by atoms with van der Waals surface area (Å²) in [6.45, 7) is 0. The zero-order valence-electron chi connectivity index (χ0n) is 15.1. The van der Waals surface area contributed by atoms with Crippen LogP contribution in [0.4, 0.5) is 5.69 Å². The fraction of sp³-hybridized carbons (Fsp3) is 0.0455. The summed E-state index contributed by atoms with van der Waals surface area (Å²) in [5.74, 6) is -0.0696. The van der Waals surface area contributed by atoms with E-state index < -0.39 is 0 Å². The van der Waals surface area contributed by atoms with Crippen molar-refractivity contribution >= 4 is 34.8 Å². The third-order valence-corrected chi connectivity index (χ3v) is 5.85. The van der Waals surface area contributed by atoms with Crippen LogP contribution < -0.4 is 5.32 Å². The lowest BCUT2D eigenvalue weighted by atomic mass is 9.98. The van der Waals surface area contributed by atoms with E-state index in [1.54, 1.807) is 11.0 Å². The van der Waals surface area contributed by atoms with Gasteiger partial charge in [0.05, 0.1) is 27.8 Å². The zero-order chi connectivity index (χ0) is 20.0. The quantitative estimate of drug-likeness (QED) is 0.482. The van der Waals surface area contributed by atoms with E-state index in [-0.39, 0.29) is 5.91 Å². The van der Waals surface area contributed by atoms with Crippen LogP contribution in [0.15, 0.2) is 67.3 Å². The highest BCUT2D eigenvalue weighted by atomic mass is 35.5. The van der Waals surface area contributed by atoms with Crippen molar-refractivity contribution in [1.29, 1.82) is 0 Å². The maximum atomic E-state index is 11.7. The molecule has 1 aliphatic rings. The number of carbonyl (C=O) groups is 1. The number of nitrogens with one attached hydrogen (secondary N) is 1. The van der Waals surface area contributed by atoms with Gasteiger partial charge in [-0.1, -0.05) is 59.6 Å². The van der Waals surface area contributed by atoms with Crippen LogP contribution in [0.5, 0.6) is 0 Å². The molecule has 0 aliphatic carbocycles. The van der Waals surface area contributed by atoms with Crippen molar-refractivity contribution in [2.75, 3.05) is 5.32 Å². The first kappa shape index (κ1) is 17.9. The molecule has 0 atom stereocenters. The molecule has 0 unspecified atom stereocenters. The number of amides is 1. The Hall–Kier alpha value is -3.15. The molecule has 5 rings (SSSR count). The summed E-state index contributed by atoms with van der Waals surface area (Å²) in [6, 6.07) is 18.1. The zero-order valence-corrected chi connectivity index (χ0v) is 16.6. The molecule has 3 aromatic carbocycles. The highest BCUT2D eigenvalue weighted by Crippen LogP contribution is 2.43. The lowest BCUT2D eigenvalue weighted by Crippen LogP contribution is -2.03. The first-order valence-electron chi connectivity index (χ1n) is 8.97. The second-order valence-corrected chi connectivity index (χ2v) is 7.53. The van der Waals surface area contributed by atoms with Gasteiger partial charge in [-0.05, 0) is 40.5 Å². The fourth-order valence-electron chi connectivity index (χ4n) is 3.51. The van der Waals surface area contributed by atoms with E-state index in [2.05, 4.69) is 15.4 Å². The number of anilines is 1. The second-order valence-electron chi connectivity index (χ2n) is 6.78. The van der Waals surface area contributed by atoms with E-state index in [0.29, 0.717) is 22.2 Å². The molecule has 1 N–H and O–H groups in total. The molecule has 142 valence electrons. The molecule has 4 aromatic rings. The molecule has 1 amide bonds. The highest BCUT2D eigenvalue weighted by molar-refractivity contribution is 6.46. The number of fused-ring (bicyclic) bond motifs is 1. The molecule has 5 nitrogen and oxygen atoms in total. The number of benzene rings is 3. The number of rotatable bonds is 3. The van der Waals surface area contributed by atoms with Crippen LogP contribution in [-0.4, -0.2) is 20.7 Å². The summed E-state index contributed by atoms with van der Waals surface area (Å²) >= 11 is 12.9. The van der Waals surface area contributed by atoms with Gasteiger partial charge < -0.3 is 5.32 Å². The fourth-order valence-corrected chi connectivity index (χ4v) is 4.04. The van der Waals surface area contributed by atoms with Gasteiger partial charge in [0.15, 0.2) is 0 Å². The molecule has 29 heavy (non-hydrogen) atoms. The summed E-state index contributed by atoms with van der Waals surface area (Å²) in [4.78, 5) is 15.7. The van der Waals surface area contributed by atoms with Crippen LogP contribution in [0.2, 0.25) is 10.0 Å². The van der Waals surface area contributed by atoms with Gasteiger partial charge in [-0.3, -0.25) is 4.79 Å². The second kappa shape index (κ2) is 7.03. The molecule has 0 radical (unpaired) electrons. The summed E-state index contributed by atoms with van der Waals surface area (Å²) in [5.41, 5.74) is 6.38. The molecule has 0 saturated heterocycles. The van der Waals surface area contributed by atoms with E-state index in [1.165, 1.54) is 6.33 Å². The standard InChI is InChI=1S/C22H14Cl2N4O/c23-20-18(9-16-10-19(29)27-22(16)21(20)24)15-3-1-13(2-4-15)14-5-7-17(8-6-14)28-12-25-11-26-28/h1-9,11-12H,10H2,(H,27,29). The van der Waals surface area contributed by atoms with Gasteiger partial charge in [0.2, 0.25) is 5.91 Å². The third-order valence-electron chi connectivity index (χ3n) is 4.98. The molecular formula is C22H14Cl2N4O. The van der Waals surface area contributed by atoms with Gasteiger partial charge in [0, 0.05) is 5.56 Å². The van der Waals surface area contributed by atoms with Crippen molar-refractivity contribution in [1.82, 2.24) is 14.8 Å². The molecule has 7 heteroatoms. The third kappa shape index (κ3) is 3.18. The van der Waals surface area contributed by atoms with Gasteiger partial charge >= 0.3 is 0 Å². The maximum absolute atomic E-state index is 11.7. The monoisotopic (exact) mass is 420 g/mol. The molecule has 0 fully saturated rings. The van der Waals surface area contributed by atoms with Crippen molar-refractivity contribution in [3.63, 3.8) is 0 Å². The van der Waals surface area contributed by atoms with E-state index in [0.717, 1.165) is 33.5 Å². The molecule has 0 bridgehead atoms. The minimum Gasteiger partial charge on any atom is -0.324 e. The maximum Gasteiger partial charge on any atom is 0.228 e. The average Bonchev–Trinajstić information content (AvgIpc) is 3.41. The number of hydrogen-bond donors (Lipinski definition) is 1. The minimum atomic E-state index is -0.0696. The van der Waals surface area contributed by atoms with Crippen molar-refractivity contribution in [2.24, 2.45) is 0 Å². The Morgan fingerprint density at radius 1 is 0.897 bits per heavy atom. The largest absolute Gasteiger partial charge is 0.324 e. The minimum absolute atomic E-state index is 0.0696. The van der Waals surface area contributed by atoms with E-state index >= 15 is 0 Å². The predicted molar refractivity (Wildman–Crippen MR) is 115 cm³/mol. The lowest BCUT2D eigenvalue weighted by molar-refractivity contribution is -0.115. The van der Waals surface area contributed by atoms with E-state index in [4.69, 9.17) is 23.2 Å². The van der Waals surface area contributed by atoms with Crippen molar-refractivity contribution in [3.8, 4) is 27.9 Å². The highest BCUT2D eigenvalue weighted by Gasteiger charge is 2.24. The van der Waals surface area contributed by atoms with Crippen molar-refractivity contribution < 1.29 is 4.79 Å². The van der Waals surface area contributed by atoms with Gasteiger partial charge in [0.25, 0.3) is 0 Å². The Kier molecular flexibility index (Phi) is 4.34. The summed E-state index contributed by atoms with van der Waals surface area (Å²) in [5, 5.41) is 7.73. The van der Waals surface area contributed by atoms with Crippen molar-refractivity contribution in [3.05, 3.63) is 82.9 Å². The topological polar surface area (TPSA) is 59.8 Å². The van der Waals surface area contributed by atoms with E-state index in [1.807, 2.05) is 54.6 Å². The Morgan fingerprint density at radius 3 is 2.21 bits per heavy atom. The van der Waals surface area contributed by atoms with Crippen LogP contribution >= 0.6 is 23.2 Å². The summed E-state index contributed by atoms with van der Waals surface area (Å²) < 4.78 is 1.71. The van der Waals surface area contributed by atoms with Gasteiger partial charge in [-0.25, -0.2) is 9.67 Å². The number of aromatic nitrogens is 3. The van der Waals surface area contributed by atoms with Crippen LogP contribution in [-0.2, 0) is 11.2 Å². The number of carbonyl (C=O) groups excluding carboxylic acids is 1. The smallest absolute Gasteiger partial charge is 0.228 e. The van der Waals surface area contributed by atoms with E-state index in [9.17, 15) is 4.79 Å². The Balaban J connectivity index is 1.46. The summed E-state index contributed by atoms with van der Waals surface area (Å²) in [7, 11) is 0. The SMILES string of the molecule is O=C1Cc2cc(-c3ccc(-c4ccc(-n5cncn5)cc4)cc3)c(Cl)c(Cl)c2N1. The molecule has 0 saturated carbocycles. The summed E-state index contributed by atoms with van der Waals surface area (Å²) in [6.07, 6.45) is 3.49. The lowest BCUT2D eigenvalue weighted by Gasteiger charge is -2.11. The molecule has 0 spiro atoms. The Morgan fingerprint density at radius 2 is 1.55 bits per heavy atom. The van der Waals surface area contributed by atoms with Gasteiger partial charge in [0.1, 0.15) is 12.7 Å². The average molecular weight is 421 g/mol. The predicted octanol–water partition coefficient (Wildman–Crippen LogP) is 5.40. The van der Waals surface area contributed by atoms with Gasteiger partial charge in [-0.2, -0.15) is 5.10 Å². The molecular weight excluding hydrogens is 407 g/mol. The normalized spacial score (nSPS) is 12.7. The van der Waals surface area contributed by atoms with Gasteiger partial charge in [-0.15, -0.1) is 0 Å². The first-order chi connectivity index (χ1) is 14.1. The Bertz CT molecular complexity index is 1220. The van der Waals surface area contributed by atoms with Crippen molar-refractivity contribution in [2.45, 2.75) is 6.42 Å². The number of halogens is 2. The van der Waals surface area contributed by atoms with Crippen LogP contribution in [0.1, 0.15) is 5.56 Å². The molecule has 1 aromatic heterocycles. The number of hydrogen-bond acceptors (Lipinski definition) is 3.